The largest absolute Gasteiger partial charge is 0.360 e. The van der Waals surface area contributed by atoms with Gasteiger partial charge in [-0.15, -0.1) is 0 Å². The summed E-state index contributed by atoms with van der Waals surface area (Å²) in [5, 5.41) is 0. The summed E-state index contributed by atoms with van der Waals surface area (Å²) in [6.07, 6.45) is 0.323. The number of methoxy groups -OCH3 is 1. The third-order valence-corrected chi connectivity index (χ3v) is 7.46. The molecule has 1 heterocycles. The van der Waals surface area contributed by atoms with E-state index in [2.05, 4.69) is 93.6 Å². The molecule has 5 nitrogen and oxygen atoms in total. The number of ether oxygens (including phenoxy) is 5. The van der Waals surface area contributed by atoms with Crippen LogP contribution in [0.4, 0.5) is 0 Å². The van der Waals surface area contributed by atoms with E-state index in [1.54, 1.807) is 7.11 Å². The van der Waals surface area contributed by atoms with Crippen LogP contribution in [0.25, 0.3) is 0 Å². The maximum absolute atomic E-state index is 7.12. The Bertz CT molecular complexity index is 1020. The molecule has 1 saturated heterocycles. The highest BCUT2D eigenvalue weighted by atomic mass is 16.8. The van der Waals surface area contributed by atoms with Crippen molar-refractivity contribution in [1.29, 1.82) is 0 Å². The van der Waals surface area contributed by atoms with Gasteiger partial charge in [-0.25, -0.2) is 0 Å². The van der Waals surface area contributed by atoms with Gasteiger partial charge in [0.2, 0.25) is 0 Å². The van der Waals surface area contributed by atoms with Gasteiger partial charge in [-0.05, 0) is 43.9 Å². The standard InChI is InChI=1S/C33H42O5/c1-7-29(35-24-34-6)32(5)30(37-31(3,4)38-32)25(2)23-36-33(26-17-11-8-12-18-26,27-19-13-9-14-20-27)28-21-15-10-16-22-28/h8-22,25,29-30H,7,23-24H2,1-6H3/t25-,29+,30+,32+/m0/s1. The van der Waals surface area contributed by atoms with Crippen LogP contribution in [0.2, 0.25) is 0 Å². The molecule has 38 heavy (non-hydrogen) atoms. The van der Waals surface area contributed by atoms with E-state index in [0.717, 1.165) is 23.1 Å². The molecule has 5 heteroatoms. The Kier molecular flexibility index (Phi) is 9.07. The van der Waals surface area contributed by atoms with Gasteiger partial charge in [-0.1, -0.05) is 105 Å². The predicted molar refractivity (Wildman–Crippen MR) is 150 cm³/mol. The molecule has 0 aromatic heterocycles. The lowest BCUT2D eigenvalue weighted by atomic mass is 9.79. The first kappa shape index (κ1) is 28.5. The van der Waals surface area contributed by atoms with Gasteiger partial charge in [-0.2, -0.15) is 0 Å². The second-order valence-corrected chi connectivity index (χ2v) is 10.8. The molecule has 0 spiro atoms. The summed E-state index contributed by atoms with van der Waals surface area (Å²) in [5.41, 5.74) is 1.76. The smallest absolute Gasteiger partial charge is 0.164 e. The molecule has 0 N–H and O–H groups in total. The Balaban J connectivity index is 1.72. The van der Waals surface area contributed by atoms with Crippen LogP contribution < -0.4 is 0 Å². The van der Waals surface area contributed by atoms with Crippen LogP contribution in [0.1, 0.15) is 57.7 Å². The van der Waals surface area contributed by atoms with Crippen molar-refractivity contribution in [3.05, 3.63) is 108 Å². The molecule has 1 aliphatic rings. The first-order valence-corrected chi connectivity index (χ1v) is 13.6. The first-order valence-electron chi connectivity index (χ1n) is 13.6. The average molecular weight is 519 g/mol. The highest BCUT2D eigenvalue weighted by Crippen LogP contribution is 2.45. The van der Waals surface area contributed by atoms with Crippen LogP contribution in [0.3, 0.4) is 0 Å². The van der Waals surface area contributed by atoms with Crippen molar-refractivity contribution >= 4 is 0 Å². The molecular formula is C33H42O5. The Morgan fingerprint density at radius 3 is 1.71 bits per heavy atom. The van der Waals surface area contributed by atoms with Gasteiger partial charge in [0, 0.05) is 13.0 Å². The summed E-state index contributed by atoms with van der Waals surface area (Å²) in [6, 6.07) is 31.3. The van der Waals surface area contributed by atoms with Crippen molar-refractivity contribution in [2.75, 3.05) is 20.5 Å². The quantitative estimate of drug-likeness (QED) is 0.192. The second-order valence-electron chi connectivity index (χ2n) is 10.8. The Labute approximate surface area is 228 Å². The summed E-state index contributed by atoms with van der Waals surface area (Å²) in [4.78, 5) is 0. The van der Waals surface area contributed by atoms with Crippen LogP contribution in [0, 0.1) is 5.92 Å². The molecule has 3 aromatic rings. The molecule has 0 unspecified atom stereocenters. The van der Waals surface area contributed by atoms with Crippen LogP contribution in [0.15, 0.2) is 91.0 Å². The summed E-state index contributed by atoms with van der Waals surface area (Å²) in [5.74, 6) is -0.745. The topological polar surface area (TPSA) is 46.2 Å². The van der Waals surface area contributed by atoms with Gasteiger partial charge in [0.15, 0.2) is 5.79 Å². The summed E-state index contributed by atoms with van der Waals surface area (Å²) in [6.45, 7) is 10.9. The Morgan fingerprint density at radius 2 is 1.29 bits per heavy atom. The molecule has 3 aromatic carbocycles. The fourth-order valence-corrected chi connectivity index (χ4v) is 5.92. The van der Waals surface area contributed by atoms with Crippen LogP contribution in [-0.4, -0.2) is 44.1 Å². The maximum atomic E-state index is 7.12. The summed E-state index contributed by atoms with van der Waals surface area (Å²) in [7, 11) is 1.63. The Hall–Kier alpha value is -2.54. The minimum absolute atomic E-state index is 0.00233. The molecule has 0 radical (unpaired) electrons. The zero-order valence-electron chi connectivity index (χ0n) is 23.6. The SMILES string of the molecule is CC[C@@H](OCOC)[C@@]1(C)OC(C)(C)O[C@@H]1[C@@H](C)COC(c1ccccc1)(c1ccccc1)c1ccccc1. The lowest BCUT2D eigenvalue weighted by Crippen LogP contribution is -2.52. The van der Waals surface area contributed by atoms with Crippen molar-refractivity contribution in [3.8, 4) is 0 Å². The van der Waals surface area contributed by atoms with Gasteiger partial charge >= 0.3 is 0 Å². The molecule has 0 amide bonds. The number of rotatable bonds is 12. The van der Waals surface area contributed by atoms with Gasteiger partial charge in [0.05, 0.1) is 18.8 Å². The van der Waals surface area contributed by atoms with Crippen LogP contribution in [-0.2, 0) is 29.3 Å². The lowest BCUT2D eigenvalue weighted by molar-refractivity contribution is -0.201. The monoisotopic (exact) mass is 518 g/mol. The van der Waals surface area contributed by atoms with Gasteiger partial charge in [0.25, 0.3) is 0 Å². The van der Waals surface area contributed by atoms with E-state index in [4.69, 9.17) is 23.7 Å². The van der Waals surface area contributed by atoms with Crippen LogP contribution >= 0.6 is 0 Å². The molecule has 4 atom stereocenters. The second kappa shape index (κ2) is 12.1. The lowest BCUT2D eigenvalue weighted by Gasteiger charge is -2.40. The normalized spacial score (nSPS) is 22.7. The summed E-state index contributed by atoms with van der Waals surface area (Å²) < 4.78 is 31.5. The molecular weight excluding hydrogens is 476 g/mol. The maximum Gasteiger partial charge on any atom is 0.164 e. The van der Waals surface area contributed by atoms with Crippen molar-refractivity contribution in [2.24, 2.45) is 5.92 Å². The van der Waals surface area contributed by atoms with E-state index in [0.29, 0.717) is 6.61 Å². The van der Waals surface area contributed by atoms with Crippen molar-refractivity contribution in [1.82, 2.24) is 0 Å². The van der Waals surface area contributed by atoms with Gasteiger partial charge < -0.3 is 23.7 Å². The zero-order chi connectivity index (χ0) is 27.2. The van der Waals surface area contributed by atoms with E-state index >= 15 is 0 Å². The fourth-order valence-electron chi connectivity index (χ4n) is 5.92. The molecule has 0 bridgehead atoms. The predicted octanol–water partition coefficient (Wildman–Crippen LogP) is 6.94. The van der Waals surface area contributed by atoms with Crippen LogP contribution in [0.5, 0.6) is 0 Å². The third kappa shape index (κ3) is 5.73. The number of hydrogen-bond acceptors (Lipinski definition) is 5. The fraction of sp³-hybridized carbons (Fsp3) is 0.455. The van der Waals surface area contributed by atoms with Crippen molar-refractivity contribution in [3.63, 3.8) is 0 Å². The minimum atomic E-state index is -0.792. The number of hydrogen-bond donors (Lipinski definition) is 0. The molecule has 1 aliphatic heterocycles. The van der Waals surface area contributed by atoms with Crippen molar-refractivity contribution < 1.29 is 23.7 Å². The first-order chi connectivity index (χ1) is 18.3. The molecule has 0 aliphatic carbocycles. The highest BCUT2D eigenvalue weighted by Gasteiger charge is 2.56. The van der Waals surface area contributed by atoms with Crippen molar-refractivity contribution in [2.45, 2.75) is 70.2 Å². The number of benzene rings is 3. The molecule has 1 fully saturated rings. The highest BCUT2D eigenvalue weighted by molar-refractivity contribution is 5.47. The molecule has 4 rings (SSSR count). The van der Waals surface area contributed by atoms with Gasteiger partial charge in [0.1, 0.15) is 18.0 Å². The Morgan fingerprint density at radius 1 is 0.816 bits per heavy atom. The van der Waals surface area contributed by atoms with E-state index in [9.17, 15) is 0 Å². The van der Waals surface area contributed by atoms with E-state index in [1.807, 2.05) is 32.0 Å². The summed E-state index contributed by atoms with van der Waals surface area (Å²) >= 11 is 0. The van der Waals surface area contributed by atoms with E-state index < -0.39 is 17.0 Å². The average Bonchev–Trinajstić information content (AvgIpc) is 3.20. The third-order valence-electron chi connectivity index (χ3n) is 7.46. The zero-order valence-corrected chi connectivity index (χ0v) is 23.6. The van der Waals surface area contributed by atoms with E-state index in [-0.39, 0.29) is 24.9 Å². The minimum Gasteiger partial charge on any atom is -0.360 e. The molecule has 204 valence electrons. The molecule has 0 saturated carbocycles. The van der Waals surface area contributed by atoms with E-state index in [1.165, 1.54) is 0 Å². The van der Waals surface area contributed by atoms with Gasteiger partial charge in [-0.3, -0.25) is 0 Å².